The highest BCUT2D eigenvalue weighted by molar-refractivity contribution is 6.32. The molecular formula is C23H19Cl2N3O5. The molecule has 0 heterocycles. The molecule has 10 heteroatoms. The minimum absolute atomic E-state index is 0.0538. The van der Waals surface area contributed by atoms with Gasteiger partial charge in [-0.1, -0.05) is 35.3 Å². The van der Waals surface area contributed by atoms with Crippen LogP contribution in [0.15, 0.2) is 65.8 Å². The van der Waals surface area contributed by atoms with Crippen molar-refractivity contribution in [3.63, 3.8) is 0 Å². The monoisotopic (exact) mass is 487 g/mol. The summed E-state index contributed by atoms with van der Waals surface area (Å²) in [7, 11) is 0. The maximum absolute atomic E-state index is 12.2. The van der Waals surface area contributed by atoms with Crippen LogP contribution in [0, 0.1) is 10.1 Å². The quantitative estimate of drug-likeness (QED) is 0.239. The number of hydrazone groups is 1. The maximum Gasteiger partial charge on any atom is 0.288 e. The van der Waals surface area contributed by atoms with Gasteiger partial charge < -0.3 is 9.47 Å². The minimum Gasteiger partial charge on any atom is -0.490 e. The summed E-state index contributed by atoms with van der Waals surface area (Å²) in [6, 6.07) is 16.3. The lowest BCUT2D eigenvalue weighted by Crippen LogP contribution is -2.17. The van der Waals surface area contributed by atoms with Crippen LogP contribution in [0.2, 0.25) is 10.0 Å². The molecule has 0 aliphatic carbocycles. The van der Waals surface area contributed by atoms with Crippen LogP contribution in [0.25, 0.3) is 0 Å². The van der Waals surface area contributed by atoms with Gasteiger partial charge in [0.2, 0.25) is 0 Å². The van der Waals surface area contributed by atoms with E-state index < -0.39 is 10.8 Å². The van der Waals surface area contributed by atoms with Gasteiger partial charge in [0.15, 0.2) is 11.5 Å². The molecule has 0 radical (unpaired) electrons. The van der Waals surface area contributed by atoms with Gasteiger partial charge in [0.25, 0.3) is 11.6 Å². The second-order valence-corrected chi connectivity index (χ2v) is 7.52. The van der Waals surface area contributed by atoms with Gasteiger partial charge in [-0.05, 0) is 60.5 Å². The zero-order chi connectivity index (χ0) is 23.8. The van der Waals surface area contributed by atoms with Crippen LogP contribution in [0.5, 0.6) is 11.5 Å². The predicted octanol–water partition coefficient (Wildman–Crippen LogP) is 5.64. The van der Waals surface area contributed by atoms with Crippen LogP contribution in [0.4, 0.5) is 5.69 Å². The van der Waals surface area contributed by atoms with Crippen LogP contribution in [0.1, 0.15) is 28.4 Å². The fraction of sp³-hybridized carbons (Fsp3) is 0.130. The van der Waals surface area contributed by atoms with Crippen molar-refractivity contribution in [1.29, 1.82) is 0 Å². The number of benzene rings is 3. The Kier molecular flexibility index (Phi) is 8.23. The molecule has 3 rings (SSSR count). The molecule has 1 N–H and O–H groups in total. The summed E-state index contributed by atoms with van der Waals surface area (Å²) in [6.45, 7) is 2.63. The second-order valence-electron chi connectivity index (χ2n) is 6.68. The van der Waals surface area contributed by atoms with Crippen molar-refractivity contribution in [3.8, 4) is 11.5 Å². The van der Waals surface area contributed by atoms with Crippen molar-refractivity contribution in [3.05, 3.63) is 97.5 Å². The average Bonchev–Trinajstić information content (AvgIpc) is 2.80. The van der Waals surface area contributed by atoms with E-state index in [0.717, 1.165) is 11.6 Å². The number of nitrogens with zero attached hydrogens (tertiary/aromatic N) is 2. The molecule has 1 amide bonds. The van der Waals surface area contributed by atoms with Gasteiger partial charge >= 0.3 is 0 Å². The summed E-state index contributed by atoms with van der Waals surface area (Å²) in [5, 5.41) is 15.5. The Balaban J connectivity index is 1.67. The van der Waals surface area contributed by atoms with Gasteiger partial charge in [-0.3, -0.25) is 14.9 Å². The normalized spacial score (nSPS) is 10.8. The SMILES string of the molecule is CCOc1cc(/C=N\NC(=O)c2ccc(Cl)c([N+](=O)[O-])c2)ccc1OCc1ccc(Cl)cc1. The first-order chi connectivity index (χ1) is 15.9. The number of rotatable bonds is 9. The number of hydrogen-bond acceptors (Lipinski definition) is 6. The van der Waals surface area contributed by atoms with Gasteiger partial charge in [-0.25, -0.2) is 5.43 Å². The van der Waals surface area contributed by atoms with Crippen molar-refractivity contribution in [2.24, 2.45) is 5.10 Å². The topological polar surface area (TPSA) is 103 Å². The van der Waals surface area contributed by atoms with Crippen molar-refractivity contribution in [1.82, 2.24) is 5.43 Å². The summed E-state index contributed by atoms with van der Waals surface area (Å²) >= 11 is 11.7. The Hall–Kier alpha value is -3.62. The molecule has 33 heavy (non-hydrogen) atoms. The minimum atomic E-state index is -0.659. The number of nitro benzene ring substituents is 1. The van der Waals surface area contributed by atoms with Crippen molar-refractivity contribution in [2.75, 3.05) is 6.61 Å². The second kappa shape index (κ2) is 11.3. The Labute approximate surface area is 199 Å². The summed E-state index contributed by atoms with van der Waals surface area (Å²) in [6.07, 6.45) is 1.42. The summed E-state index contributed by atoms with van der Waals surface area (Å²) < 4.78 is 11.5. The molecule has 0 spiro atoms. The first-order valence-corrected chi connectivity index (χ1v) is 10.5. The lowest BCUT2D eigenvalue weighted by Gasteiger charge is -2.12. The molecule has 0 saturated carbocycles. The molecule has 3 aromatic rings. The molecule has 3 aromatic carbocycles. The van der Waals surface area contributed by atoms with Crippen LogP contribution in [0.3, 0.4) is 0 Å². The Morgan fingerprint density at radius 2 is 1.82 bits per heavy atom. The highest BCUT2D eigenvalue weighted by Gasteiger charge is 2.16. The number of hydrogen-bond donors (Lipinski definition) is 1. The first kappa shape index (κ1) is 24.0. The number of nitro groups is 1. The van der Waals surface area contributed by atoms with Crippen LogP contribution in [-0.4, -0.2) is 23.7 Å². The largest absolute Gasteiger partial charge is 0.490 e. The summed E-state index contributed by atoms with van der Waals surface area (Å²) in [5.41, 5.74) is 3.64. The van der Waals surface area contributed by atoms with Crippen LogP contribution in [-0.2, 0) is 6.61 Å². The summed E-state index contributed by atoms with van der Waals surface area (Å²) in [4.78, 5) is 22.6. The van der Waals surface area contributed by atoms with E-state index in [4.69, 9.17) is 32.7 Å². The summed E-state index contributed by atoms with van der Waals surface area (Å²) in [5.74, 6) is 0.468. The molecule has 0 aliphatic rings. The van der Waals surface area contributed by atoms with E-state index in [1.54, 1.807) is 30.3 Å². The van der Waals surface area contributed by atoms with Crippen LogP contribution < -0.4 is 14.9 Å². The standard InChI is InChI=1S/C23H19Cl2N3O5/c1-2-32-22-11-16(5-10-21(22)33-14-15-3-7-18(24)8-4-15)13-26-27-23(29)17-6-9-19(25)20(12-17)28(30)31/h3-13H,2,14H2,1H3,(H,27,29)/b26-13-. The first-order valence-electron chi connectivity index (χ1n) is 9.79. The van der Waals surface area contributed by atoms with Crippen molar-refractivity contribution < 1.29 is 19.2 Å². The van der Waals surface area contributed by atoms with E-state index in [1.807, 2.05) is 19.1 Å². The highest BCUT2D eigenvalue weighted by Crippen LogP contribution is 2.29. The molecule has 0 fully saturated rings. The predicted molar refractivity (Wildman–Crippen MR) is 127 cm³/mol. The number of halogens is 2. The molecule has 0 aliphatic heterocycles. The van der Waals surface area contributed by atoms with Gasteiger partial charge in [0.1, 0.15) is 11.6 Å². The molecule has 0 bridgehead atoms. The maximum atomic E-state index is 12.2. The van der Waals surface area contributed by atoms with E-state index in [1.165, 1.54) is 18.3 Å². The zero-order valence-electron chi connectivity index (χ0n) is 17.5. The van der Waals surface area contributed by atoms with Crippen LogP contribution >= 0.6 is 23.2 Å². The Bertz CT molecular complexity index is 1180. The van der Waals surface area contributed by atoms with Crippen molar-refractivity contribution in [2.45, 2.75) is 13.5 Å². The van der Waals surface area contributed by atoms with E-state index in [0.29, 0.717) is 35.3 Å². The zero-order valence-corrected chi connectivity index (χ0v) is 19.0. The average molecular weight is 488 g/mol. The van der Waals surface area contributed by atoms with Gasteiger partial charge in [-0.2, -0.15) is 5.10 Å². The molecule has 170 valence electrons. The van der Waals surface area contributed by atoms with Gasteiger partial charge in [0, 0.05) is 16.7 Å². The Morgan fingerprint density at radius 3 is 2.52 bits per heavy atom. The molecule has 8 nitrogen and oxygen atoms in total. The third-order valence-corrected chi connectivity index (χ3v) is 4.93. The number of carbonyl (C=O) groups is 1. The molecule has 0 unspecified atom stereocenters. The van der Waals surface area contributed by atoms with E-state index in [9.17, 15) is 14.9 Å². The fourth-order valence-corrected chi connectivity index (χ4v) is 3.07. The van der Waals surface area contributed by atoms with E-state index in [-0.39, 0.29) is 16.3 Å². The molecular weight excluding hydrogens is 469 g/mol. The number of carbonyl (C=O) groups excluding carboxylic acids is 1. The number of amides is 1. The fourth-order valence-electron chi connectivity index (χ4n) is 2.76. The van der Waals surface area contributed by atoms with E-state index in [2.05, 4.69) is 10.5 Å². The Morgan fingerprint density at radius 1 is 1.06 bits per heavy atom. The highest BCUT2D eigenvalue weighted by atomic mass is 35.5. The number of nitrogens with one attached hydrogen (secondary N) is 1. The molecule has 0 aromatic heterocycles. The van der Waals surface area contributed by atoms with E-state index >= 15 is 0 Å². The molecule has 0 saturated heterocycles. The lowest BCUT2D eigenvalue weighted by atomic mass is 10.2. The van der Waals surface area contributed by atoms with Gasteiger partial charge in [-0.15, -0.1) is 0 Å². The van der Waals surface area contributed by atoms with Gasteiger partial charge in [0.05, 0.1) is 17.7 Å². The smallest absolute Gasteiger partial charge is 0.288 e. The van der Waals surface area contributed by atoms with Crippen molar-refractivity contribution >= 4 is 41.0 Å². The number of ether oxygens (including phenoxy) is 2. The third kappa shape index (κ3) is 6.68. The third-order valence-electron chi connectivity index (χ3n) is 4.36. The lowest BCUT2D eigenvalue weighted by molar-refractivity contribution is -0.384. The molecule has 0 atom stereocenters.